The van der Waals surface area contributed by atoms with E-state index in [0.29, 0.717) is 12.2 Å². The fourth-order valence-electron chi connectivity index (χ4n) is 1.99. The van der Waals surface area contributed by atoms with Gasteiger partial charge in [0, 0.05) is 29.9 Å². The van der Waals surface area contributed by atoms with Crippen LogP contribution < -0.4 is 16.8 Å². The van der Waals surface area contributed by atoms with Crippen LogP contribution in [0.2, 0.25) is 0 Å². The van der Waals surface area contributed by atoms with Gasteiger partial charge in [-0.2, -0.15) is 0 Å². The molecule has 0 aliphatic carbocycles. The summed E-state index contributed by atoms with van der Waals surface area (Å²) in [6.07, 6.45) is 0. The molecule has 0 amide bonds. The summed E-state index contributed by atoms with van der Waals surface area (Å²) in [6.45, 7) is 0.333. The fourth-order valence-corrected chi connectivity index (χ4v) is 2.81. The zero-order valence-corrected chi connectivity index (χ0v) is 13.3. The lowest BCUT2D eigenvalue weighted by molar-refractivity contribution is 0.627. The van der Waals surface area contributed by atoms with Crippen molar-refractivity contribution >= 4 is 17.5 Å². The van der Waals surface area contributed by atoms with Gasteiger partial charge in [0.05, 0.1) is 5.70 Å². The summed E-state index contributed by atoms with van der Waals surface area (Å²) in [5.41, 5.74) is 14.9. The van der Waals surface area contributed by atoms with Gasteiger partial charge in [-0.1, -0.05) is 18.2 Å². The molecular formula is C17H20FN3S. The summed E-state index contributed by atoms with van der Waals surface area (Å²) >= 11 is 1.93. The molecule has 0 saturated carbocycles. The Labute approximate surface area is 134 Å². The van der Waals surface area contributed by atoms with Gasteiger partial charge < -0.3 is 16.8 Å². The average molecular weight is 317 g/mol. The molecule has 5 N–H and O–H groups in total. The van der Waals surface area contributed by atoms with E-state index in [4.69, 9.17) is 11.5 Å². The van der Waals surface area contributed by atoms with E-state index in [1.807, 2.05) is 11.8 Å². The summed E-state index contributed by atoms with van der Waals surface area (Å²) in [7, 11) is 1.75. The second-order valence-corrected chi connectivity index (χ2v) is 5.77. The highest BCUT2D eigenvalue weighted by Crippen LogP contribution is 2.36. The van der Waals surface area contributed by atoms with Gasteiger partial charge >= 0.3 is 0 Å². The van der Waals surface area contributed by atoms with Gasteiger partial charge in [-0.3, -0.25) is 0 Å². The lowest BCUT2D eigenvalue weighted by Gasteiger charge is -2.15. The zero-order valence-electron chi connectivity index (χ0n) is 12.5. The normalized spacial score (nSPS) is 13.0. The number of nitrogens with one attached hydrogen (secondary N) is 1. The van der Waals surface area contributed by atoms with Crippen molar-refractivity contribution in [1.82, 2.24) is 5.32 Å². The lowest BCUT2D eigenvalue weighted by Crippen LogP contribution is -2.20. The van der Waals surface area contributed by atoms with Gasteiger partial charge in [0.15, 0.2) is 0 Å². The van der Waals surface area contributed by atoms with Crippen LogP contribution in [0.4, 0.5) is 4.39 Å². The van der Waals surface area contributed by atoms with E-state index in [-0.39, 0.29) is 5.82 Å². The summed E-state index contributed by atoms with van der Waals surface area (Å²) in [4.78, 5) is 1.47. The maximum absolute atomic E-state index is 12.6. The Kier molecular flexibility index (Phi) is 5.86. The molecule has 116 valence electrons. The largest absolute Gasteiger partial charge is 0.397 e. The third-order valence-electron chi connectivity index (χ3n) is 3.34. The monoisotopic (exact) mass is 317 g/mol. The highest BCUT2D eigenvalue weighted by Gasteiger charge is 2.10. The Hall–Kier alpha value is -1.98. The number of hydrogen-bond acceptors (Lipinski definition) is 4. The lowest BCUT2D eigenvalue weighted by atomic mass is 10.1. The van der Waals surface area contributed by atoms with E-state index in [1.54, 1.807) is 19.2 Å². The van der Waals surface area contributed by atoms with Gasteiger partial charge in [0.1, 0.15) is 5.82 Å². The first-order chi connectivity index (χ1) is 10.7. The first-order valence-electron chi connectivity index (χ1n) is 6.98. The molecule has 0 radical (unpaired) electrons. The standard InChI is InChI=1S/C10H14FN3.C7H6S/c1-14-9(6-12)10(13)7-2-4-8(11)5-3-7;1-2-4-7-6(3-1)5-8-7/h2-5,14H,6,12-13H2,1H3;1-4H,5H2/b10-9-;. The first kappa shape index (κ1) is 16.4. The topological polar surface area (TPSA) is 64.1 Å². The molecule has 0 unspecified atom stereocenters. The van der Waals surface area contributed by atoms with E-state index < -0.39 is 0 Å². The van der Waals surface area contributed by atoms with E-state index >= 15 is 0 Å². The minimum atomic E-state index is -0.277. The van der Waals surface area contributed by atoms with E-state index in [2.05, 4.69) is 29.6 Å². The SMILES string of the molecule is CN/C(CN)=C(\N)c1ccc(F)cc1.c1ccc2c(c1)CS2. The quantitative estimate of drug-likeness (QED) is 0.814. The molecule has 0 fully saturated rings. The number of hydrogen-bond donors (Lipinski definition) is 3. The molecule has 0 spiro atoms. The highest BCUT2D eigenvalue weighted by atomic mass is 32.2. The van der Waals surface area contributed by atoms with Gasteiger partial charge in [-0.05, 0) is 41.5 Å². The van der Waals surface area contributed by atoms with Crippen molar-refractivity contribution < 1.29 is 4.39 Å². The van der Waals surface area contributed by atoms with Crippen molar-refractivity contribution in [3.8, 4) is 0 Å². The molecular weight excluding hydrogens is 297 g/mol. The van der Waals surface area contributed by atoms with Crippen molar-refractivity contribution in [1.29, 1.82) is 0 Å². The molecule has 3 nitrogen and oxygen atoms in total. The van der Waals surface area contributed by atoms with Crippen molar-refractivity contribution in [3.63, 3.8) is 0 Å². The molecule has 3 rings (SSSR count). The van der Waals surface area contributed by atoms with Crippen molar-refractivity contribution in [3.05, 3.63) is 71.2 Å². The van der Waals surface area contributed by atoms with Crippen LogP contribution in [0.3, 0.4) is 0 Å². The van der Waals surface area contributed by atoms with Crippen LogP contribution in [0.15, 0.2) is 59.1 Å². The summed E-state index contributed by atoms with van der Waals surface area (Å²) in [6, 6.07) is 14.5. The van der Waals surface area contributed by atoms with Crippen molar-refractivity contribution in [2.45, 2.75) is 10.6 Å². The number of halogens is 1. The smallest absolute Gasteiger partial charge is 0.123 e. The number of benzene rings is 2. The fraction of sp³-hybridized carbons (Fsp3) is 0.176. The molecule has 0 bridgehead atoms. The molecule has 0 aromatic heterocycles. The van der Waals surface area contributed by atoms with Crippen LogP contribution in [-0.2, 0) is 5.75 Å². The van der Waals surface area contributed by atoms with Gasteiger partial charge in [-0.25, -0.2) is 4.39 Å². The molecule has 2 aromatic carbocycles. The van der Waals surface area contributed by atoms with Crippen LogP contribution in [0.25, 0.3) is 5.70 Å². The maximum atomic E-state index is 12.6. The van der Waals surface area contributed by atoms with E-state index in [0.717, 1.165) is 11.3 Å². The number of rotatable bonds is 3. The highest BCUT2D eigenvalue weighted by molar-refractivity contribution is 7.99. The molecule has 1 aliphatic rings. The van der Waals surface area contributed by atoms with Crippen LogP contribution in [0.1, 0.15) is 11.1 Å². The molecule has 0 saturated heterocycles. The minimum absolute atomic E-state index is 0.277. The maximum Gasteiger partial charge on any atom is 0.123 e. The number of thioether (sulfide) groups is 1. The second kappa shape index (κ2) is 7.87. The molecule has 0 atom stereocenters. The zero-order chi connectivity index (χ0) is 15.9. The molecule has 1 aliphatic heterocycles. The van der Waals surface area contributed by atoms with Crippen LogP contribution in [-0.4, -0.2) is 13.6 Å². The van der Waals surface area contributed by atoms with Crippen LogP contribution >= 0.6 is 11.8 Å². The van der Waals surface area contributed by atoms with Crippen LogP contribution in [0, 0.1) is 5.82 Å². The average Bonchev–Trinajstić information content (AvgIpc) is 2.51. The Balaban J connectivity index is 0.000000183. The van der Waals surface area contributed by atoms with Gasteiger partial charge in [0.25, 0.3) is 0 Å². The number of likely N-dealkylation sites (N-methyl/N-ethyl adjacent to an activating group) is 1. The minimum Gasteiger partial charge on any atom is -0.397 e. The number of nitrogens with two attached hydrogens (primary N) is 2. The van der Waals surface area contributed by atoms with Crippen LogP contribution in [0.5, 0.6) is 0 Å². The second-order valence-electron chi connectivity index (χ2n) is 4.75. The summed E-state index contributed by atoms with van der Waals surface area (Å²) in [5, 5.41) is 2.90. The van der Waals surface area contributed by atoms with Crippen molar-refractivity contribution in [2.24, 2.45) is 11.5 Å². The molecule has 22 heavy (non-hydrogen) atoms. The summed E-state index contributed by atoms with van der Waals surface area (Å²) in [5.74, 6) is 0.941. The van der Waals surface area contributed by atoms with Gasteiger partial charge in [0.2, 0.25) is 0 Å². The Bertz CT molecular complexity index is 624. The predicted octanol–water partition coefficient (Wildman–Crippen LogP) is 2.92. The Morgan fingerprint density at radius 3 is 2.27 bits per heavy atom. The Morgan fingerprint density at radius 1 is 1.18 bits per heavy atom. The third-order valence-corrected chi connectivity index (χ3v) is 4.51. The molecule has 2 aromatic rings. The number of fused-ring (bicyclic) bond motifs is 1. The van der Waals surface area contributed by atoms with E-state index in [1.165, 1.54) is 28.3 Å². The summed E-state index contributed by atoms with van der Waals surface area (Å²) < 4.78 is 12.6. The molecule has 1 heterocycles. The third kappa shape index (κ3) is 4.02. The first-order valence-corrected chi connectivity index (χ1v) is 7.97. The van der Waals surface area contributed by atoms with Crippen molar-refractivity contribution in [2.75, 3.05) is 13.6 Å². The Morgan fingerprint density at radius 2 is 1.86 bits per heavy atom. The molecule has 5 heteroatoms. The predicted molar refractivity (Wildman–Crippen MR) is 91.6 cm³/mol. The van der Waals surface area contributed by atoms with E-state index in [9.17, 15) is 4.39 Å². The van der Waals surface area contributed by atoms with Gasteiger partial charge in [-0.15, -0.1) is 11.8 Å².